The van der Waals surface area contributed by atoms with Gasteiger partial charge < -0.3 is 0 Å². The Morgan fingerprint density at radius 3 is 2.00 bits per heavy atom. The van der Waals surface area contributed by atoms with Crippen molar-refractivity contribution in [2.75, 3.05) is 0 Å². The fraction of sp³-hybridized carbons (Fsp3) is 0.429. The first-order chi connectivity index (χ1) is 7.77. The number of aromatic nitrogens is 2. The molecule has 16 heavy (non-hydrogen) atoms. The third-order valence-electron chi connectivity index (χ3n) is 1.91. The minimum absolute atomic E-state index is 0.839. The van der Waals surface area contributed by atoms with Crippen molar-refractivity contribution in [3.8, 4) is 0 Å². The number of benzene rings is 1. The zero-order valence-corrected chi connectivity index (χ0v) is 11.2. The van der Waals surface area contributed by atoms with Crippen molar-refractivity contribution in [2.45, 2.75) is 41.5 Å². The molecule has 1 heterocycles. The largest absolute Gasteiger partial charge is 0.238 e. The van der Waals surface area contributed by atoms with Crippen molar-refractivity contribution in [1.29, 1.82) is 0 Å². The van der Waals surface area contributed by atoms with Crippen molar-refractivity contribution in [3.63, 3.8) is 0 Å². The number of hydrogen-bond acceptors (Lipinski definition) is 2. The van der Waals surface area contributed by atoms with Crippen LogP contribution in [0.4, 0.5) is 0 Å². The summed E-state index contributed by atoms with van der Waals surface area (Å²) < 4.78 is 0. The van der Waals surface area contributed by atoms with E-state index in [0.717, 1.165) is 22.4 Å². The van der Waals surface area contributed by atoms with Crippen LogP contribution in [-0.4, -0.2) is 9.97 Å². The molecule has 0 saturated heterocycles. The van der Waals surface area contributed by atoms with Crippen molar-refractivity contribution in [3.05, 3.63) is 35.8 Å². The summed E-state index contributed by atoms with van der Waals surface area (Å²) in [7, 11) is 0. The molecule has 0 unspecified atom stereocenters. The van der Waals surface area contributed by atoms with E-state index in [1.165, 1.54) is 0 Å². The maximum absolute atomic E-state index is 4.33. The SMILES string of the molecule is CC.CC.Cc1nc(C)c2ccccc2n1. The number of para-hydroxylation sites is 1. The third-order valence-corrected chi connectivity index (χ3v) is 1.91. The summed E-state index contributed by atoms with van der Waals surface area (Å²) in [6.45, 7) is 11.9. The maximum atomic E-state index is 4.33. The number of fused-ring (bicyclic) bond motifs is 1. The minimum Gasteiger partial charge on any atom is -0.238 e. The van der Waals surface area contributed by atoms with Gasteiger partial charge in [0.1, 0.15) is 5.82 Å². The van der Waals surface area contributed by atoms with E-state index < -0.39 is 0 Å². The van der Waals surface area contributed by atoms with Crippen LogP contribution in [0, 0.1) is 13.8 Å². The summed E-state index contributed by atoms with van der Waals surface area (Å²) in [5.74, 6) is 0.839. The summed E-state index contributed by atoms with van der Waals surface area (Å²) in [6.07, 6.45) is 0. The molecule has 0 bridgehead atoms. The number of nitrogens with zero attached hydrogens (tertiary/aromatic N) is 2. The molecule has 0 N–H and O–H groups in total. The van der Waals surface area contributed by atoms with Gasteiger partial charge in [-0.1, -0.05) is 45.9 Å². The summed E-state index contributed by atoms with van der Waals surface area (Å²) in [6, 6.07) is 8.06. The molecule has 0 aliphatic rings. The Balaban J connectivity index is 0.000000509. The lowest BCUT2D eigenvalue weighted by molar-refractivity contribution is 1.05. The van der Waals surface area contributed by atoms with Gasteiger partial charge in [-0.15, -0.1) is 0 Å². The predicted molar refractivity (Wildman–Crippen MR) is 71.7 cm³/mol. The van der Waals surface area contributed by atoms with Crippen LogP contribution in [0.25, 0.3) is 10.9 Å². The molecule has 2 nitrogen and oxygen atoms in total. The Morgan fingerprint density at radius 1 is 0.812 bits per heavy atom. The Kier molecular flexibility index (Phi) is 7.10. The second-order valence-electron chi connectivity index (χ2n) is 2.87. The van der Waals surface area contributed by atoms with Crippen LogP contribution in [0.5, 0.6) is 0 Å². The van der Waals surface area contributed by atoms with E-state index >= 15 is 0 Å². The fourth-order valence-corrected chi connectivity index (χ4v) is 1.38. The van der Waals surface area contributed by atoms with E-state index in [9.17, 15) is 0 Å². The van der Waals surface area contributed by atoms with Crippen LogP contribution in [0.2, 0.25) is 0 Å². The van der Waals surface area contributed by atoms with Gasteiger partial charge in [0.05, 0.1) is 5.52 Å². The molecule has 2 heteroatoms. The first-order valence-corrected chi connectivity index (χ1v) is 5.97. The van der Waals surface area contributed by atoms with Gasteiger partial charge in [0.15, 0.2) is 0 Å². The molecule has 0 radical (unpaired) electrons. The van der Waals surface area contributed by atoms with Gasteiger partial charge in [0.2, 0.25) is 0 Å². The van der Waals surface area contributed by atoms with Crippen LogP contribution in [0.3, 0.4) is 0 Å². The number of aryl methyl sites for hydroxylation is 2. The average Bonchev–Trinajstić information content (AvgIpc) is 2.34. The third kappa shape index (κ3) is 3.61. The molecule has 0 spiro atoms. The van der Waals surface area contributed by atoms with E-state index in [1.54, 1.807) is 0 Å². The molecule has 0 aliphatic carbocycles. The van der Waals surface area contributed by atoms with Crippen LogP contribution < -0.4 is 0 Å². The Bertz CT molecular complexity index is 422. The van der Waals surface area contributed by atoms with Crippen LogP contribution in [-0.2, 0) is 0 Å². The molecule has 1 aromatic carbocycles. The van der Waals surface area contributed by atoms with Crippen molar-refractivity contribution in [2.24, 2.45) is 0 Å². The molecule has 0 aliphatic heterocycles. The van der Waals surface area contributed by atoms with E-state index in [-0.39, 0.29) is 0 Å². The Labute approximate surface area is 98.8 Å². The molecule has 2 aromatic rings. The molecule has 0 atom stereocenters. The number of rotatable bonds is 0. The summed E-state index contributed by atoms with van der Waals surface area (Å²) in [4.78, 5) is 8.62. The Hall–Kier alpha value is -1.44. The maximum Gasteiger partial charge on any atom is 0.126 e. The second-order valence-corrected chi connectivity index (χ2v) is 2.87. The molecule has 0 saturated carbocycles. The number of hydrogen-bond donors (Lipinski definition) is 0. The molecular formula is C14H22N2. The quantitative estimate of drug-likeness (QED) is 0.659. The molecule has 88 valence electrons. The van der Waals surface area contributed by atoms with E-state index in [0.29, 0.717) is 0 Å². The normalized spacial score (nSPS) is 8.62. The Morgan fingerprint density at radius 2 is 1.38 bits per heavy atom. The van der Waals surface area contributed by atoms with Gasteiger partial charge in [-0.05, 0) is 19.9 Å². The highest BCUT2D eigenvalue weighted by atomic mass is 14.9. The standard InChI is InChI=1S/C10H10N2.2C2H6/c1-7-9-5-3-4-6-10(9)12-8(2)11-7;2*1-2/h3-6H,1-2H3;2*1-2H3. The summed E-state index contributed by atoms with van der Waals surface area (Å²) in [5, 5.41) is 1.14. The highest BCUT2D eigenvalue weighted by molar-refractivity contribution is 5.80. The summed E-state index contributed by atoms with van der Waals surface area (Å²) in [5.41, 5.74) is 2.08. The molecule has 0 amide bonds. The van der Waals surface area contributed by atoms with Gasteiger partial charge >= 0.3 is 0 Å². The average molecular weight is 218 g/mol. The first-order valence-electron chi connectivity index (χ1n) is 5.97. The highest BCUT2D eigenvalue weighted by Crippen LogP contribution is 2.13. The predicted octanol–water partition coefficient (Wildman–Crippen LogP) is 4.30. The first kappa shape index (κ1) is 14.6. The van der Waals surface area contributed by atoms with E-state index in [1.807, 2.05) is 65.8 Å². The minimum atomic E-state index is 0.839. The fourth-order valence-electron chi connectivity index (χ4n) is 1.38. The van der Waals surface area contributed by atoms with Gasteiger partial charge in [0.25, 0.3) is 0 Å². The van der Waals surface area contributed by atoms with Crippen molar-refractivity contribution in [1.82, 2.24) is 9.97 Å². The monoisotopic (exact) mass is 218 g/mol. The van der Waals surface area contributed by atoms with Gasteiger partial charge in [-0.2, -0.15) is 0 Å². The van der Waals surface area contributed by atoms with Crippen LogP contribution in [0.1, 0.15) is 39.2 Å². The lowest BCUT2D eigenvalue weighted by atomic mass is 10.2. The van der Waals surface area contributed by atoms with Crippen LogP contribution >= 0.6 is 0 Å². The van der Waals surface area contributed by atoms with Crippen molar-refractivity contribution < 1.29 is 0 Å². The van der Waals surface area contributed by atoms with E-state index in [4.69, 9.17) is 0 Å². The zero-order chi connectivity index (χ0) is 12.6. The van der Waals surface area contributed by atoms with Gasteiger partial charge in [-0.25, -0.2) is 9.97 Å². The zero-order valence-electron chi connectivity index (χ0n) is 11.2. The van der Waals surface area contributed by atoms with Crippen molar-refractivity contribution >= 4 is 10.9 Å². The molecular weight excluding hydrogens is 196 g/mol. The topological polar surface area (TPSA) is 25.8 Å². The van der Waals surface area contributed by atoms with Gasteiger partial charge in [-0.3, -0.25) is 0 Å². The summed E-state index contributed by atoms with van der Waals surface area (Å²) >= 11 is 0. The second kappa shape index (κ2) is 7.80. The van der Waals surface area contributed by atoms with Gasteiger partial charge in [0, 0.05) is 11.1 Å². The molecule has 0 fully saturated rings. The van der Waals surface area contributed by atoms with E-state index in [2.05, 4.69) is 9.97 Å². The molecule has 1 aromatic heterocycles. The molecule has 2 rings (SSSR count). The lowest BCUT2D eigenvalue weighted by Crippen LogP contribution is -1.92. The smallest absolute Gasteiger partial charge is 0.126 e. The highest BCUT2D eigenvalue weighted by Gasteiger charge is 1.98. The van der Waals surface area contributed by atoms with Crippen LogP contribution in [0.15, 0.2) is 24.3 Å². The lowest BCUT2D eigenvalue weighted by Gasteiger charge is -2.00.